The smallest absolute Gasteiger partial charge is 0.343 e. The maximum atomic E-state index is 12.6. The zero-order chi connectivity index (χ0) is 16.8. The van der Waals surface area contributed by atoms with Crippen LogP contribution in [0.2, 0.25) is 5.02 Å². The van der Waals surface area contributed by atoms with Crippen LogP contribution in [0.3, 0.4) is 0 Å². The molecule has 3 aromatic rings. The zero-order valence-corrected chi connectivity index (χ0v) is 13.6. The highest BCUT2D eigenvalue weighted by Crippen LogP contribution is 2.41. The third kappa shape index (κ3) is 2.31. The van der Waals surface area contributed by atoms with E-state index in [9.17, 15) is 9.59 Å². The average Bonchev–Trinajstić information content (AvgIpc) is 2.56. The predicted octanol–water partition coefficient (Wildman–Crippen LogP) is 4.20. The topological polar surface area (TPSA) is 56.5 Å². The molecule has 2 aromatic carbocycles. The van der Waals surface area contributed by atoms with E-state index in [0.29, 0.717) is 27.3 Å². The Morgan fingerprint density at radius 1 is 1.08 bits per heavy atom. The van der Waals surface area contributed by atoms with E-state index in [4.69, 9.17) is 20.8 Å². The summed E-state index contributed by atoms with van der Waals surface area (Å²) < 4.78 is 11.0. The number of carbonyl (C=O) groups is 1. The fraction of sp³-hybridized carbons (Fsp3) is 0.158. The van der Waals surface area contributed by atoms with Gasteiger partial charge in [0.2, 0.25) is 0 Å². The highest BCUT2D eigenvalue weighted by molar-refractivity contribution is 6.30. The fourth-order valence-electron chi connectivity index (χ4n) is 3.17. The number of aryl methyl sites for hydroxylation is 1. The average molecular weight is 341 g/mol. The van der Waals surface area contributed by atoms with Gasteiger partial charge in [0, 0.05) is 10.9 Å². The molecule has 5 heteroatoms. The van der Waals surface area contributed by atoms with Gasteiger partial charge in [-0.3, -0.25) is 4.79 Å². The number of para-hydroxylation sites is 1. The number of benzene rings is 2. The summed E-state index contributed by atoms with van der Waals surface area (Å²) in [5.74, 6) is -0.461. The summed E-state index contributed by atoms with van der Waals surface area (Å²) in [5.41, 5.74) is 2.01. The molecule has 1 unspecified atom stereocenters. The lowest BCUT2D eigenvalue weighted by Crippen LogP contribution is -2.26. The molecule has 1 aliphatic rings. The number of halogens is 1. The Balaban J connectivity index is 2.02. The van der Waals surface area contributed by atoms with E-state index < -0.39 is 11.5 Å². The minimum Gasteiger partial charge on any atom is -0.425 e. The monoisotopic (exact) mass is 340 g/mol. The number of ether oxygens (including phenoxy) is 1. The van der Waals surface area contributed by atoms with Gasteiger partial charge in [-0.05, 0) is 36.2 Å². The SMILES string of the molecule is Cc1cccc2c3c(c(=O)oc12)C(c1ccc(Cl)cc1)CC(=O)O3. The molecule has 0 radical (unpaired) electrons. The molecule has 2 heterocycles. The minimum atomic E-state index is -0.473. The van der Waals surface area contributed by atoms with Crippen LogP contribution in [0.5, 0.6) is 5.75 Å². The second kappa shape index (κ2) is 5.49. The zero-order valence-electron chi connectivity index (χ0n) is 12.8. The van der Waals surface area contributed by atoms with E-state index in [2.05, 4.69) is 0 Å². The van der Waals surface area contributed by atoms with Crippen LogP contribution in [-0.2, 0) is 4.79 Å². The molecule has 0 fully saturated rings. The molecule has 120 valence electrons. The van der Waals surface area contributed by atoms with Crippen LogP contribution in [0.1, 0.15) is 29.0 Å². The molecule has 0 aliphatic carbocycles. The quantitative estimate of drug-likeness (QED) is 0.492. The maximum absolute atomic E-state index is 12.6. The van der Waals surface area contributed by atoms with Crippen molar-refractivity contribution in [2.75, 3.05) is 0 Å². The molecule has 0 saturated heterocycles. The van der Waals surface area contributed by atoms with Gasteiger partial charge in [-0.15, -0.1) is 0 Å². The van der Waals surface area contributed by atoms with Crippen LogP contribution in [0, 0.1) is 6.92 Å². The van der Waals surface area contributed by atoms with Crippen molar-refractivity contribution < 1.29 is 13.9 Å². The highest BCUT2D eigenvalue weighted by Gasteiger charge is 2.33. The first-order chi connectivity index (χ1) is 11.5. The summed E-state index contributed by atoms with van der Waals surface area (Å²) >= 11 is 5.93. The van der Waals surface area contributed by atoms with Crippen LogP contribution in [0.25, 0.3) is 11.0 Å². The van der Waals surface area contributed by atoms with Crippen molar-refractivity contribution in [3.63, 3.8) is 0 Å². The van der Waals surface area contributed by atoms with Crippen molar-refractivity contribution in [1.29, 1.82) is 0 Å². The third-order valence-corrected chi connectivity index (χ3v) is 4.58. The van der Waals surface area contributed by atoms with Gasteiger partial charge in [-0.2, -0.15) is 0 Å². The number of hydrogen-bond acceptors (Lipinski definition) is 4. The first kappa shape index (κ1) is 15.0. The van der Waals surface area contributed by atoms with Crippen molar-refractivity contribution in [2.24, 2.45) is 0 Å². The molecule has 1 atom stereocenters. The van der Waals surface area contributed by atoms with Gasteiger partial charge in [0.1, 0.15) is 5.58 Å². The molecule has 24 heavy (non-hydrogen) atoms. The molecule has 0 amide bonds. The number of esters is 1. The van der Waals surface area contributed by atoms with Gasteiger partial charge < -0.3 is 9.15 Å². The Hall–Kier alpha value is -2.59. The molecule has 1 aromatic heterocycles. The Kier molecular flexibility index (Phi) is 3.43. The normalized spacial score (nSPS) is 16.8. The summed E-state index contributed by atoms with van der Waals surface area (Å²) in [6, 6.07) is 12.6. The van der Waals surface area contributed by atoms with E-state index in [1.54, 1.807) is 18.2 Å². The highest BCUT2D eigenvalue weighted by atomic mass is 35.5. The maximum Gasteiger partial charge on any atom is 0.343 e. The van der Waals surface area contributed by atoms with Gasteiger partial charge in [0.15, 0.2) is 5.75 Å². The second-order valence-electron chi connectivity index (χ2n) is 5.87. The largest absolute Gasteiger partial charge is 0.425 e. The van der Waals surface area contributed by atoms with E-state index in [1.165, 1.54) is 0 Å². The summed E-state index contributed by atoms with van der Waals surface area (Å²) in [4.78, 5) is 24.7. The fourth-order valence-corrected chi connectivity index (χ4v) is 3.29. The van der Waals surface area contributed by atoms with Crippen molar-refractivity contribution in [3.05, 3.63) is 74.6 Å². The molecule has 4 rings (SSSR count). The molecule has 0 bridgehead atoms. The Bertz CT molecular complexity index is 1020. The lowest BCUT2D eigenvalue weighted by Gasteiger charge is -2.24. The lowest BCUT2D eigenvalue weighted by atomic mass is 9.86. The molecular formula is C19H13ClO4. The third-order valence-electron chi connectivity index (χ3n) is 4.32. The summed E-state index contributed by atoms with van der Waals surface area (Å²) in [7, 11) is 0. The summed E-state index contributed by atoms with van der Waals surface area (Å²) in [6.07, 6.45) is 0.0940. The van der Waals surface area contributed by atoms with E-state index >= 15 is 0 Å². The van der Waals surface area contributed by atoms with Crippen LogP contribution < -0.4 is 10.4 Å². The number of hydrogen-bond donors (Lipinski definition) is 0. The van der Waals surface area contributed by atoms with Crippen molar-refractivity contribution in [2.45, 2.75) is 19.3 Å². The van der Waals surface area contributed by atoms with Gasteiger partial charge in [0.25, 0.3) is 0 Å². The Morgan fingerprint density at radius 3 is 2.58 bits per heavy atom. The first-order valence-electron chi connectivity index (χ1n) is 7.57. The standard InChI is InChI=1S/C19H13ClO4/c1-10-3-2-4-13-17(10)24-19(22)16-14(9-15(21)23-18(13)16)11-5-7-12(20)8-6-11/h2-8,14H,9H2,1H3. The first-order valence-corrected chi connectivity index (χ1v) is 7.95. The van der Waals surface area contributed by atoms with Crippen LogP contribution >= 0.6 is 11.6 Å². The van der Waals surface area contributed by atoms with Crippen molar-refractivity contribution >= 4 is 28.5 Å². The molecule has 0 saturated carbocycles. The number of fused-ring (bicyclic) bond motifs is 3. The van der Waals surface area contributed by atoms with E-state index in [1.807, 2.05) is 31.2 Å². The molecular weight excluding hydrogens is 328 g/mol. The predicted molar refractivity (Wildman–Crippen MR) is 90.8 cm³/mol. The van der Waals surface area contributed by atoms with E-state index in [0.717, 1.165) is 11.1 Å². The van der Waals surface area contributed by atoms with Crippen LogP contribution in [0.4, 0.5) is 0 Å². The number of rotatable bonds is 1. The number of carbonyl (C=O) groups excluding carboxylic acids is 1. The molecule has 4 nitrogen and oxygen atoms in total. The van der Waals surface area contributed by atoms with E-state index in [-0.39, 0.29) is 12.4 Å². The Labute approximate surface area is 142 Å². The molecule has 0 N–H and O–H groups in total. The lowest BCUT2D eigenvalue weighted by molar-refractivity contribution is -0.135. The van der Waals surface area contributed by atoms with Crippen molar-refractivity contribution in [3.8, 4) is 5.75 Å². The van der Waals surface area contributed by atoms with Gasteiger partial charge >= 0.3 is 11.6 Å². The second-order valence-corrected chi connectivity index (χ2v) is 6.30. The Morgan fingerprint density at radius 2 is 1.83 bits per heavy atom. The molecule has 1 aliphatic heterocycles. The van der Waals surface area contributed by atoms with Crippen LogP contribution in [0.15, 0.2) is 51.7 Å². The van der Waals surface area contributed by atoms with Gasteiger partial charge in [0.05, 0.1) is 17.4 Å². The minimum absolute atomic E-state index is 0.0940. The van der Waals surface area contributed by atoms with Gasteiger partial charge in [-0.25, -0.2) is 4.79 Å². The van der Waals surface area contributed by atoms with Gasteiger partial charge in [-0.1, -0.05) is 35.9 Å². The molecule has 0 spiro atoms. The van der Waals surface area contributed by atoms with Crippen LogP contribution in [-0.4, -0.2) is 5.97 Å². The summed E-state index contributed by atoms with van der Waals surface area (Å²) in [5, 5.41) is 1.23. The van der Waals surface area contributed by atoms with Crippen molar-refractivity contribution in [1.82, 2.24) is 0 Å². The summed E-state index contributed by atoms with van der Waals surface area (Å²) in [6.45, 7) is 1.85.